The average Bonchev–Trinajstić information content (AvgIpc) is 3.22. The molecule has 1 aromatic carbocycles. The lowest BCUT2D eigenvalue weighted by molar-refractivity contribution is -0.117. The lowest BCUT2D eigenvalue weighted by Gasteiger charge is -2.29. The average molecular weight is 391 g/mol. The van der Waals surface area contributed by atoms with Crippen molar-refractivity contribution in [3.8, 4) is 11.5 Å². The first-order valence-electron chi connectivity index (χ1n) is 9.93. The number of hydrogen-bond donors (Lipinski definition) is 1. The zero-order chi connectivity index (χ0) is 20.2. The molecule has 29 heavy (non-hydrogen) atoms. The van der Waals surface area contributed by atoms with Crippen molar-refractivity contribution in [2.75, 3.05) is 25.0 Å². The molecule has 0 spiro atoms. The van der Waals surface area contributed by atoms with Gasteiger partial charge in [-0.05, 0) is 63.0 Å². The van der Waals surface area contributed by atoms with Gasteiger partial charge >= 0.3 is 0 Å². The van der Waals surface area contributed by atoms with Crippen LogP contribution in [-0.2, 0) is 4.79 Å². The molecule has 1 fully saturated rings. The number of carbonyl (C=O) groups excluding carboxylic acids is 1. The molecule has 1 saturated heterocycles. The van der Waals surface area contributed by atoms with Gasteiger partial charge < -0.3 is 9.84 Å². The summed E-state index contributed by atoms with van der Waals surface area (Å²) >= 11 is 0. The zero-order valence-corrected chi connectivity index (χ0v) is 16.8. The molecule has 0 saturated carbocycles. The van der Waals surface area contributed by atoms with Gasteiger partial charge in [0.25, 0.3) is 0 Å². The van der Waals surface area contributed by atoms with Gasteiger partial charge in [0, 0.05) is 17.8 Å². The van der Waals surface area contributed by atoms with Gasteiger partial charge in [0.1, 0.15) is 5.69 Å². The van der Waals surface area contributed by atoms with Crippen LogP contribution in [-0.4, -0.2) is 45.6 Å². The SMILES string of the molecule is Cc1cccc(C)c1NC(=O)CN1CCC(c2nc(-c3ccccn3)no2)CC1. The van der Waals surface area contributed by atoms with Gasteiger partial charge in [-0.15, -0.1) is 0 Å². The Labute approximate surface area is 170 Å². The molecule has 0 bridgehead atoms. The molecule has 2 aromatic heterocycles. The molecule has 150 valence electrons. The second-order valence-electron chi connectivity index (χ2n) is 7.54. The number of anilines is 1. The maximum Gasteiger partial charge on any atom is 0.238 e. The van der Waals surface area contributed by atoms with Crippen molar-refractivity contribution in [3.05, 3.63) is 59.6 Å². The highest BCUT2D eigenvalue weighted by atomic mass is 16.5. The summed E-state index contributed by atoms with van der Waals surface area (Å²) in [6.45, 7) is 6.07. The number of rotatable bonds is 5. The third-order valence-corrected chi connectivity index (χ3v) is 5.39. The number of aromatic nitrogens is 3. The molecule has 4 rings (SSSR count). The highest BCUT2D eigenvalue weighted by Crippen LogP contribution is 2.28. The third kappa shape index (κ3) is 4.51. The Kier molecular flexibility index (Phi) is 5.67. The minimum absolute atomic E-state index is 0.0241. The van der Waals surface area contributed by atoms with E-state index in [1.807, 2.05) is 50.2 Å². The Morgan fingerprint density at radius 1 is 1.14 bits per heavy atom. The maximum atomic E-state index is 12.5. The summed E-state index contributed by atoms with van der Waals surface area (Å²) in [5.74, 6) is 1.43. The van der Waals surface area contributed by atoms with Crippen LogP contribution in [0.2, 0.25) is 0 Å². The fraction of sp³-hybridized carbons (Fsp3) is 0.364. The van der Waals surface area contributed by atoms with Crippen molar-refractivity contribution in [1.29, 1.82) is 0 Å². The monoisotopic (exact) mass is 391 g/mol. The molecule has 1 N–H and O–H groups in total. The molecule has 1 aliphatic rings. The summed E-state index contributed by atoms with van der Waals surface area (Å²) < 4.78 is 5.48. The van der Waals surface area contributed by atoms with Gasteiger partial charge in [0.15, 0.2) is 0 Å². The Bertz CT molecular complexity index is 958. The summed E-state index contributed by atoms with van der Waals surface area (Å²) in [7, 11) is 0. The van der Waals surface area contributed by atoms with Crippen LogP contribution < -0.4 is 5.32 Å². The Hall–Kier alpha value is -3.06. The van der Waals surface area contributed by atoms with E-state index in [0.29, 0.717) is 24.0 Å². The van der Waals surface area contributed by atoms with E-state index >= 15 is 0 Å². The van der Waals surface area contributed by atoms with Crippen LogP contribution in [0.5, 0.6) is 0 Å². The third-order valence-electron chi connectivity index (χ3n) is 5.39. The van der Waals surface area contributed by atoms with Crippen molar-refractivity contribution < 1.29 is 9.32 Å². The van der Waals surface area contributed by atoms with E-state index in [9.17, 15) is 4.79 Å². The first kappa shape index (κ1) is 19.3. The van der Waals surface area contributed by atoms with Crippen LogP contribution in [0.4, 0.5) is 5.69 Å². The maximum absolute atomic E-state index is 12.5. The van der Waals surface area contributed by atoms with E-state index in [4.69, 9.17) is 4.52 Å². The van der Waals surface area contributed by atoms with Crippen LogP contribution >= 0.6 is 0 Å². The minimum Gasteiger partial charge on any atom is -0.339 e. The standard InChI is InChI=1S/C22H25N5O2/c1-15-6-5-7-16(2)20(15)24-19(28)14-27-12-9-17(10-13-27)22-25-21(26-29-22)18-8-3-4-11-23-18/h3-8,11,17H,9-10,12-14H2,1-2H3,(H,24,28). The molecular weight excluding hydrogens is 366 g/mol. The molecule has 7 nitrogen and oxygen atoms in total. The lowest BCUT2D eigenvalue weighted by atomic mass is 9.97. The number of nitrogens with zero attached hydrogens (tertiary/aromatic N) is 4. The van der Waals surface area contributed by atoms with E-state index in [1.165, 1.54) is 0 Å². The summed E-state index contributed by atoms with van der Waals surface area (Å²) in [6.07, 6.45) is 3.49. The van der Waals surface area contributed by atoms with Crippen LogP contribution in [0.25, 0.3) is 11.5 Å². The number of likely N-dealkylation sites (tertiary alicyclic amines) is 1. The molecule has 0 atom stereocenters. The van der Waals surface area contributed by atoms with Gasteiger partial charge in [-0.1, -0.05) is 29.4 Å². The molecule has 0 unspecified atom stereocenters. The van der Waals surface area contributed by atoms with E-state index < -0.39 is 0 Å². The highest BCUT2D eigenvalue weighted by molar-refractivity contribution is 5.93. The van der Waals surface area contributed by atoms with Crippen molar-refractivity contribution >= 4 is 11.6 Å². The molecule has 0 radical (unpaired) electrons. The molecule has 0 aliphatic carbocycles. The molecule has 1 aliphatic heterocycles. The van der Waals surface area contributed by atoms with E-state index in [-0.39, 0.29) is 11.8 Å². The summed E-state index contributed by atoms with van der Waals surface area (Å²) in [4.78, 5) is 23.5. The van der Waals surface area contributed by atoms with Gasteiger partial charge in [0.2, 0.25) is 17.6 Å². The smallest absolute Gasteiger partial charge is 0.238 e. The van der Waals surface area contributed by atoms with Crippen molar-refractivity contribution in [3.63, 3.8) is 0 Å². The van der Waals surface area contributed by atoms with Crippen LogP contribution in [0, 0.1) is 13.8 Å². The Morgan fingerprint density at radius 2 is 1.90 bits per heavy atom. The van der Waals surface area contributed by atoms with Crippen molar-refractivity contribution in [1.82, 2.24) is 20.0 Å². The van der Waals surface area contributed by atoms with Crippen molar-refractivity contribution in [2.24, 2.45) is 0 Å². The number of carbonyl (C=O) groups is 1. The fourth-order valence-electron chi connectivity index (χ4n) is 3.73. The van der Waals surface area contributed by atoms with Crippen molar-refractivity contribution in [2.45, 2.75) is 32.6 Å². The van der Waals surface area contributed by atoms with Gasteiger partial charge in [-0.3, -0.25) is 14.7 Å². The zero-order valence-electron chi connectivity index (χ0n) is 16.8. The largest absolute Gasteiger partial charge is 0.339 e. The molecule has 3 heterocycles. The normalized spacial score (nSPS) is 15.4. The highest BCUT2D eigenvalue weighted by Gasteiger charge is 2.26. The number of nitrogens with one attached hydrogen (secondary N) is 1. The second kappa shape index (κ2) is 8.53. The lowest BCUT2D eigenvalue weighted by Crippen LogP contribution is -2.39. The number of piperidine rings is 1. The van der Waals surface area contributed by atoms with E-state index in [2.05, 4.69) is 25.3 Å². The van der Waals surface area contributed by atoms with E-state index in [0.717, 1.165) is 42.7 Å². The second-order valence-corrected chi connectivity index (χ2v) is 7.54. The minimum atomic E-state index is 0.0241. The van der Waals surface area contributed by atoms with Crippen LogP contribution in [0.1, 0.15) is 35.8 Å². The quantitative estimate of drug-likeness (QED) is 0.716. The fourth-order valence-corrected chi connectivity index (χ4v) is 3.73. The van der Waals surface area contributed by atoms with Gasteiger partial charge in [0.05, 0.1) is 6.54 Å². The number of pyridine rings is 1. The first-order valence-corrected chi connectivity index (χ1v) is 9.93. The predicted octanol–water partition coefficient (Wildman–Crippen LogP) is 3.57. The number of amides is 1. The predicted molar refractivity (Wildman–Crippen MR) is 110 cm³/mol. The summed E-state index contributed by atoms with van der Waals surface area (Å²) in [5, 5.41) is 7.13. The molecular formula is C22H25N5O2. The Morgan fingerprint density at radius 3 is 2.59 bits per heavy atom. The first-order chi connectivity index (χ1) is 14.1. The Balaban J connectivity index is 1.31. The number of benzene rings is 1. The topological polar surface area (TPSA) is 84.2 Å². The van der Waals surface area contributed by atoms with Crippen LogP contribution in [0.15, 0.2) is 47.1 Å². The summed E-state index contributed by atoms with van der Waals surface area (Å²) in [6, 6.07) is 11.7. The number of aryl methyl sites for hydroxylation is 2. The van der Waals surface area contributed by atoms with E-state index in [1.54, 1.807) is 6.20 Å². The molecule has 1 amide bonds. The van der Waals surface area contributed by atoms with Gasteiger partial charge in [-0.25, -0.2) is 0 Å². The number of para-hydroxylation sites is 1. The summed E-state index contributed by atoms with van der Waals surface area (Å²) in [5.41, 5.74) is 3.79. The molecule has 3 aromatic rings. The number of hydrogen-bond acceptors (Lipinski definition) is 6. The molecule has 7 heteroatoms. The van der Waals surface area contributed by atoms with Gasteiger partial charge in [-0.2, -0.15) is 4.98 Å². The van der Waals surface area contributed by atoms with Crippen LogP contribution in [0.3, 0.4) is 0 Å².